The van der Waals surface area contributed by atoms with Crippen LogP contribution in [0, 0.1) is 5.82 Å². The first-order valence-electron chi connectivity index (χ1n) is 9.10. The predicted molar refractivity (Wildman–Crippen MR) is 105 cm³/mol. The number of carbonyl (C=O) groups is 2. The second-order valence-corrected chi connectivity index (χ2v) is 6.76. The molecule has 4 rings (SSSR count). The van der Waals surface area contributed by atoms with Gasteiger partial charge in [0.25, 0.3) is 5.91 Å². The molecule has 1 aliphatic heterocycles. The van der Waals surface area contributed by atoms with E-state index in [4.69, 9.17) is 0 Å². The summed E-state index contributed by atoms with van der Waals surface area (Å²) in [5.74, 6) is -0.623. The molecule has 0 aliphatic carbocycles. The molecule has 0 aromatic heterocycles. The maximum atomic E-state index is 13.7. The Morgan fingerprint density at radius 3 is 2.54 bits per heavy atom. The van der Waals surface area contributed by atoms with Crippen molar-refractivity contribution in [1.29, 1.82) is 0 Å². The van der Waals surface area contributed by atoms with Crippen molar-refractivity contribution < 1.29 is 14.0 Å². The van der Waals surface area contributed by atoms with Gasteiger partial charge in [-0.05, 0) is 35.4 Å². The number of anilines is 1. The highest BCUT2D eigenvalue weighted by Gasteiger charge is 2.28. The third-order valence-electron chi connectivity index (χ3n) is 4.86. The van der Waals surface area contributed by atoms with E-state index in [9.17, 15) is 14.0 Å². The highest BCUT2D eigenvalue weighted by Crippen LogP contribution is 2.31. The van der Waals surface area contributed by atoms with Gasteiger partial charge in [0.1, 0.15) is 5.82 Å². The van der Waals surface area contributed by atoms with Gasteiger partial charge in [0.05, 0.1) is 13.0 Å². The van der Waals surface area contributed by atoms with Crippen LogP contribution in [0.4, 0.5) is 10.1 Å². The highest BCUT2D eigenvalue weighted by molar-refractivity contribution is 6.03. The van der Waals surface area contributed by atoms with E-state index in [0.717, 1.165) is 16.8 Å². The lowest BCUT2D eigenvalue weighted by Crippen LogP contribution is -2.26. The smallest absolute Gasteiger partial charge is 0.251 e. The number of hydrogen-bond donors (Lipinski definition) is 1. The molecular weight excluding hydrogens is 355 g/mol. The minimum absolute atomic E-state index is 0.0165. The van der Waals surface area contributed by atoms with Crippen LogP contribution in [0.2, 0.25) is 0 Å². The minimum atomic E-state index is -0.348. The molecule has 1 aliphatic rings. The van der Waals surface area contributed by atoms with Crippen molar-refractivity contribution in [2.24, 2.45) is 0 Å². The van der Waals surface area contributed by atoms with E-state index in [1.165, 1.54) is 6.07 Å². The monoisotopic (exact) mass is 374 g/mol. The fourth-order valence-corrected chi connectivity index (χ4v) is 3.38. The Hall–Kier alpha value is -3.47. The molecule has 3 aromatic rings. The summed E-state index contributed by atoms with van der Waals surface area (Å²) in [7, 11) is 0. The number of amides is 2. The van der Waals surface area contributed by atoms with E-state index < -0.39 is 0 Å². The molecule has 4 nitrogen and oxygen atoms in total. The van der Waals surface area contributed by atoms with Crippen molar-refractivity contribution in [3.8, 4) is 0 Å². The standard InChI is InChI=1S/C23H19FN2O2/c24-20-9-5-4-8-18(20)14-25-23(28)17-10-11-21-19(12-17)13-22(27)26(21)15-16-6-2-1-3-7-16/h1-12H,13-15H2,(H,25,28). The van der Waals surface area contributed by atoms with Crippen LogP contribution in [0.3, 0.4) is 0 Å². The molecule has 0 fully saturated rings. The van der Waals surface area contributed by atoms with Crippen molar-refractivity contribution in [1.82, 2.24) is 5.32 Å². The molecule has 0 bridgehead atoms. The first-order chi connectivity index (χ1) is 13.6. The Kier molecular flexibility index (Phi) is 4.89. The van der Waals surface area contributed by atoms with Crippen LogP contribution in [0.5, 0.6) is 0 Å². The molecule has 1 heterocycles. The average molecular weight is 374 g/mol. The molecule has 2 amide bonds. The fourth-order valence-electron chi connectivity index (χ4n) is 3.38. The van der Waals surface area contributed by atoms with Crippen LogP contribution >= 0.6 is 0 Å². The molecule has 0 saturated carbocycles. The van der Waals surface area contributed by atoms with Crippen molar-refractivity contribution >= 4 is 17.5 Å². The summed E-state index contributed by atoms with van der Waals surface area (Å²) in [4.78, 5) is 26.6. The van der Waals surface area contributed by atoms with Crippen LogP contribution in [0.1, 0.15) is 27.0 Å². The van der Waals surface area contributed by atoms with Crippen molar-refractivity contribution in [2.75, 3.05) is 4.90 Å². The van der Waals surface area contributed by atoms with Gasteiger partial charge in [0, 0.05) is 23.4 Å². The SMILES string of the molecule is O=C(NCc1ccccc1F)c1ccc2c(c1)CC(=O)N2Cc1ccccc1. The summed E-state index contributed by atoms with van der Waals surface area (Å²) in [5, 5.41) is 2.73. The minimum Gasteiger partial charge on any atom is -0.348 e. The van der Waals surface area contributed by atoms with Crippen LogP contribution in [0.15, 0.2) is 72.8 Å². The third kappa shape index (κ3) is 3.64. The molecule has 28 heavy (non-hydrogen) atoms. The maximum absolute atomic E-state index is 13.7. The zero-order valence-electron chi connectivity index (χ0n) is 15.2. The number of carbonyl (C=O) groups excluding carboxylic acids is 2. The van der Waals surface area contributed by atoms with Gasteiger partial charge >= 0.3 is 0 Å². The Morgan fingerprint density at radius 2 is 1.75 bits per heavy atom. The Bertz CT molecular complexity index is 1030. The molecular formula is C23H19FN2O2. The van der Waals surface area contributed by atoms with E-state index in [2.05, 4.69) is 5.32 Å². The summed E-state index contributed by atoms with van der Waals surface area (Å²) < 4.78 is 13.7. The lowest BCUT2D eigenvalue weighted by atomic mass is 10.1. The molecule has 3 aromatic carbocycles. The molecule has 140 valence electrons. The van der Waals surface area contributed by atoms with Gasteiger partial charge in [-0.1, -0.05) is 48.5 Å². The Balaban J connectivity index is 1.48. The van der Waals surface area contributed by atoms with Crippen molar-refractivity contribution in [3.63, 3.8) is 0 Å². The first-order valence-corrected chi connectivity index (χ1v) is 9.10. The number of nitrogens with one attached hydrogen (secondary N) is 1. The van der Waals surface area contributed by atoms with E-state index in [1.54, 1.807) is 41.3 Å². The van der Waals surface area contributed by atoms with Gasteiger partial charge in [-0.3, -0.25) is 9.59 Å². The van der Waals surface area contributed by atoms with Crippen LogP contribution in [0.25, 0.3) is 0 Å². The van der Waals surface area contributed by atoms with Gasteiger partial charge < -0.3 is 10.2 Å². The number of nitrogens with zero attached hydrogens (tertiary/aromatic N) is 1. The number of benzene rings is 3. The number of hydrogen-bond acceptors (Lipinski definition) is 2. The molecule has 0 saturated heterocycles. The molecule has 0 radical (unpaired) electrons. The number of rotatable bonds is 5. The molecule has 0 atom stereocenters. The largest absolute Gasteiger partial charge is 0.348 e. The van der Waals surface area contributed by atoms with Crippen molar-refractivity contribution in [3.05, 3.63) is 101 Å². The van der Waals surface area contributed by atoms with E-state index in [1.807, 2.05) is 30.3 Å². The Morgan fingerprint density at radius 1 is 1.00 bits per heavy atom. The number of halogens is 1. The van der Waals surface area contributed by atoms with Gasteiger partial charge in [0.15, 0.2) is 0 Å². The second-order valence-electron chi connectivity index (χ2n) is 6.76. The quantitative estimate of drug-likeness (QED) is 0.738. The topological polar surface area (TPSA) is 49.4 Å². The molecule has 0 unspecified atom stereocenters. The zero-order chi connectivity index (χ0) is 19.5. The number of fused-ring (bicyclic) bond motifs is 1. The van der Waals surface area contributed by atoms with Gasteiger partial charge in [-0.15, -0.1) is 0 Å². The summed E-state index contributed by atoms with van der Waals surface area (Å²) in [6.07, 6.45) is 0.274. The van der Waals surface area contributed by atoms with E-state index >= 15 is 0 Å². The summed E-state index contributed by atoms with van der Waals surface area (Å²) in [5.41, 5.74) is 3.61. The normalized spacial score (nSPS) is 12.8. The van der Waals surface area contributed by atoms with Gasteiger partial charge in [-0.2, -0.15) is 0 Å². The summed E-state index contributed by atoms with van der Waals surface area (Å²) in [6, 6.07) is 21.4. The highest BCUT2D eigenvalue weighted by atomic mass is 19.1. The van der Waals surface area contributed by atoms with Crippen molar-refractivity contribution in [2.45, 2.75) is 19.5 Å². The van der Waals surface area contributed by atoms with Crippen LogP contribution < -0.4 is 10.2 Å². The van der Waals surface area contributed by atoms with Gasteiger partial charge in [-0.25, -0.2) is 4.39 Å². The van der Waals surface area contributed by atoms with Crippen LogP contribution in [-0.4, -0.2) is 11.8 Å². The zero-order valence-corrected chi connectivity index (χ0v) is 15.2. The third-order valence-corrected chi connectivity index (χ3v) is 4.86. The summed E-state index contributed by atoms with van der Waals surface area (Å²) in [6.45, 7) is 0.618. The van der Waals surface area contributed by atoms with E-state index in [0.29, 0.717) is 17.7 Å². The predicted octanol–water partition coefficient (Wildman–Crippen LogP) is 3.85. The van der Waals surface area contributed by atoms with E-state index in [-0.39, 0.29) is 30.6 Å². The molecule has 0 spiro atoms. The summed E-state index contributed by atoms with van der Waals surface area (Å²) >= 11 is 0. The fraction of sp³-hybridized carbons (Fsp3) is 0.130. The Labute approximate surface area is 162 Å². The maximum Gasteiger partial charge on any atom is 0.251 e. The first kappa shape index (κ1) is 17.9. The lowest BCUT2D eigenvalue weighted by molar-refractivity contribution is -0.117. The van der Waals surface area contributed by atoms with Gasteiger partial charge in [0.2, 0.25) is 5.91 Å². The molecule has 5 heteroatoms. The second kappa shape index (κ2) is 7.64. The molecule has 1 N–H and O–H groups in total. The van der Waals surface area contributed by atoms with Crippen LogP contribution in [-0.2, 0) is 24.3 Å². The lowest BCUT2D eigenvalue weighted by Gasteiger charge is -2.18. The average Bonchev–Trinajstić information content (AvgIpc) is 3.02.